The van der Waals surface area contributed by atoms with Gasteiger partial charge in [-0.2, -0.15) is 5.10 Å². The number of hydrogen-bond donors (Lipinski definition) is 2. The number of benzene rings is 2. The van der Waals surface area contributed by atoms with Crippen LogP contribution in [-0.2, 0) is 0 Å². The number of para-hydroxylation sites is 1. The largest absolute Gasteiger partial charge is 0.504 e. The topological polar surface area (TPSA) is 83.8 Å². The van der Waals surface area contributed by atoms with Crippen molar-refractivity contribution in [3.63, 3.8) is 0 Å². The van der Waals surface area contributed by atoms with Crippen molar-refractivity contribution < 1.29 is 14.6 Å². The van der Waals surface area contributed by atoms with Crippen molar-refractivity contribution >= 4 is 23.0 Å². The minimum Gasteiger partial charge on any atom is -0.504 e. The summed E-state index contributed by atoms with van der Waals surface area (Å²) in [6.45, 7) is 1.84. The Morgan fingerprint density at radius 3 is 2.84 bits per heavy atom. The quantitative estimate of drug-likeness (QED) is 0.567. The number of pyridine rings is 1. The molecular weight excluding hydrogens is 318 g/mol. The molecule has 0 aliphatic rings. The van der Waals surface area contributed by atoms with Crippen molar-refractivity contribution in [1.29, 1.82) is 0 Å². The number of aryl methyl sites for hydroxylation is 1. The molecule has 3 rings (SSSR count). The number of fused-ring (bicyclic) bond motifs is 1. The highest BCUT2D eigenvalue weighted by molar-refractivity contribution is 6.06. The Kier molecular flexibility index (Phi) is 4.61. The minimum absolute atomic E-state index is 0.0439. The second kappa shape index (κ2) is 7.00. The first-order valence-electron chi connectivity index (χ1n) is 7.65. The molecule has 0 saturated carbocycles. The lowest BCUT2D eigenvalue weighted by molar-refractivity contribution is 0.0956. The van der Waals surface area contributed by atoms with Crippen molar-refractivity contribution in [3.8, 4) is 11.5 Å². The molecule has 0 unspecified atom stereocenters. The first-order chi connectivity index (χ1) is 12.1. The van der Waals surface area contributed by atoms with Crippen molar-refractivity contribution in [3.05, 3.63) is 65.4 Å². The third kappa shape index (κ3) is 3.58. The highest BCUT2D eigenvalue weighted by atomic mass is 16.5. The van der Waals surface area contributed by atoms with E-state index in [4.69, 9.17) is 4.74 Å². The highest BCUT2D eigenvalue weighted by Gasteiger charge is 2.11. The zero-order valence-electron chi connectivity index (χ0n) is 13.9. The van der Waals surface area contributed by atoms with Crippen LogP contribution in [0.25, 0.3) is 10.9 Å². The van der Waals surface area contributed by atoms with E-state index in [1.165, 1.54) is 19.4 Å². The van der Waals surface area contributed by atoms with Gasteiger partial charge in [0, 0.05) is 11.1 Å². The summed E-state index contributed by atoms with van der Waals surface area (Å²) >= 11 is 0. The van der Waals surface area contributed by atoms with Gasteiger partial charge in [-0.05, 0) is 42.8 Å². The molecule has 126 valence electrons. The van der Waals surface area contributed by atoms with E-state index in [1.54, 1.807) is 18.2 Å². The summed E-state index contributed by atoms with van der Waals surface area (Å²) in [5, 5.41) is 14.3. The first-order valence-corrected chi connectivity index (χ1v) is 7.65. The fourth-order valence-corrected chi connectivity index (χ4v) is 2.50. The molecule has 0 fully saturated rings. The Morgan fingerprint density at radius 2 is 2.04 bits per heavy atom. The number of phenolic OH excluding ortho intramolecular Hbond substituents is 1. The average molecular weight is 335 g/mol. The zero-order valence-corrected chi connectivity index (χ0v) is 13.9. The molecule has 1 amide bonds. The number of carbonyl (C=O) groups is 1. The van der Waals surface area contributed by atoms with Gasteiger partial charge in [0.25, 0.3) is 5.91 Å². The van der Waals surface area contributed by atoms with Gasteiger partial charge >= 0.3 is 0 Å². The molecular formula is C19H17N3O3. The summed E-state index contributed by atoms with van der Waals surface area (Å²) < 4.78 is 5.04. The van der Waals surface area contributed by atoms with Gasteiger partial charge in [-0.1, -0.05) is 18.2 Å². The molecule has 0 spiro atoms. The van der Waals surface area contributed by atoms with Gasteiger partial charge in [0.2, 0.25) is 0 Å². The number of ether oxygens (including phenoxy) is 1. The summed E-state index contributed by atoms with van der Waals surface area (Å²) in [5.41, 5.74) is 5.25. The predicted octanol–water partition coefficient (Wildman–Crippen LogP) is 3.02. The highest BCUT2D eigenvalue weighted by Crippen LogP contribution is 2.25. The molecule has 0 radical (unpaired) electrons. The summed E-state index contributed by atoms with van der Waals surface area (Å²) in [7, 11) is 1.47. The van der Waals surface area contributed by atoms with Crippen LogP contribution < -0.4 is 10.2 Å². The van der Waals surface area contributed by atoms with Gasteiger partial charge in [0.1, 0.15) is 0 Å². The maximum Gasteiger partial charge on any atom is 0.272 e. The van der Waals surface area contributed by atoms with E-state index >= 15 is 0 Å². The normalized spacial score (nSPS) is 11.0. The summed E-state index contributed by atoms with van der Waals surface area (Å²) in [5.74, 6) is 0.0668. The van der Waals surface area contributed by atoms with E-state index < -0.39 is 0 Å². The molecule has 0 atom stereocenters. The fraction of sp³-hybridized carbons (Fsp3) is 0.105. The van der Waals surface area contributed by atoms with E-state index in [0.29, 0.717) is 16.9 Å². The third-order valence-corrected chi connectivity index (χ3v) is 3.67. The summed E-state index contributed by atoms with van der Waals surface area (Å²) in [6.07, 6.45) is 1.48. The van der Waals surface area contributed by atoms with Crippen LogP contribution in [0.4, 0.5) is 0 Å². The lowest BCUT2D eigenvalue weighted by atomic mass is 10.1. The lowest BCUT2D eigenvalue weighted by Crippen LogP contribution is -2.18. The van der Waals surface area contributed by atoms with Crippen LogP contribution in [0.15, 0.2) is 53.6 Å². The third-order valence-electron chi connectivity index (χ3n) is 3.67. The van der Waals surface area contributed by atoms with Gasteiger partial charge in [0.15, 0.2) is 11.5 Å². The number of hydrazone groups is 1. The number of nitrogens with zero attached hydrogens (tertiary/aromatic N) is 2. The Bertz CT molecular complexity index is 967. The second-order valence-electron chi connectivity index (χ2n) is 5.46. The van der Waals surface area contributed by atoms with Crippen LogP contribution in [0.2, 0.25) is 0 Å². The maximum absolute atomic E-state index is 12.5. The number of carbonyl (C=O) groups excluding carboxylic acids is 1. The van der Waals surface area contributed by atoms with Crippen LogP contribution in [0.5, 0.6) is 11.5 Å². The van der Waals surface area contributed by atoms with E-state index in [2.05, 4.69) is 15.5 Å². The standard InChI is InChI=1S/C19H17N3O3/c1-12-9-15(14-5-3-4-6-16(14)21-12)19(24)22-20-11-13-7-8-17(23)18(10-13)25-2/h3-11,23H,1-2H3,(H,22,24)/b20-11+. The molecule has 0 aliphatic carbocycles. The van der Waals surface area contributed by atoms with Gasteiger partial charge in [-0.15, -0.1) is 0 Å². The lowest BCUT2D eigenvalue weighted by Gasteiger charge is -2.06. The smallest absolute Gasteiger partial charge is 0.272 e. The van der Waals surface area contributed by atoms with Crippen LogP contribution in [0.1, 0.15) is 21.6 Å². The number of methoxy groups -OCH3 is 1. The first kappa shape index (κ1) is 16.4. The van der Waals surface area contributed by atoms with Crippen LogP contribution in [0, 0.1) is 6.92 Å². The number of hydrogen-bond acceptors (Lipinski definition) is 5. The molecule has 1 aromatic heterocycles. The minimum atomic E-state index is -0.316. The molecule has 25 heavy (non-hydrogen) atoms. The van der Waals surface area contributed by atoms with Crippen LogP contribution >= 0.6 is 0 Å². The molecule has 0 aliphatic heterocycles. The Labute approximate surface area is 144 Å². The van der Waals surface area contributed by atoms with E-state index in [9.17, 15) is 9.90 Å². The van der Waals surface area contributed by atoms with Crippen LogP contribution in [0.3, 0.4) is 0 Å². The monoisotopic (exact) mass is 335 g/mol. The number of phenols is 1. The Balaban J connectivity index is 1.81. The zero-order chi connectivity index (χ0) is 17.8. The summed E-state index contributed by atoms with van der Waals surface area (Å²) in [4.78, 5) is 16.9. The molecule has 2 aromatic carbocycles. The molecule has 0 saturated heterocycles. The van der Waals surface area contributed by atoms with Crippen molar-refractivity contribution in [2.45, 2.75) is 6.92 Å². The fourth-order valence-electron chi connectivity index (χ4n) is 2.50. The Hall–Kier alpha value is -3.41. The van der Waals surface area contributed by atoms with Gasteiger partial charge in [-0.25, -0.2) is 5.43 Å². The van der Waals surface area contributed by atoms with Gasteiger partial charge < -0.3 is 9.84 Å². The molecule has 6 nitrogen and oxygen atoms in total. The van der Waals surface area contributed by atoms with E-state index in [-0.39, 0.29) is 11.7 Å². The van der Waals surface area contributed by atoms with Gasteiger partial charge in [0.05, 0.1) is 24.4 Å². The van der Waals surface area contributed by atoms with Crippen molar-refractivity contribution in [2.24, 2.45) is 5.10 Å². The van der Waals surface area contributed by atoms with Crippen LogP contribution in [-0.4, -0.2) is 29.3 Å². The predicted molar refractivity (Wildman–Crippen MR) is 96.2 cm³/mol. The SMILES string of the molecule is COc1cc(/C=N/NC(=O)c2cc(C)nc3ccccc23)ccc1O. The number of amides is 1. The average Bonchev–Trinajstić information content (AvgIpc) is 2.62. The number of aromatic hydroxyl groups is 1. The Morgan fingerprint density at radius 1 is 1.24 bits per heavy atom. The molecule has 1 heterocycles. The maximum atomic E-state index is 12.5. The number of aromatic nitrogens is 1. The van der Waals surface area contributed by atoms with E-state index in [0.717, 1.165) is 16.6 Å². The molecule has 0 bridgehead atoms. The summed E-state index contributed by atoms with van der Waals surface area (Å²) in [6, 6.07) is 14.0. The van der Waals surface area contributed by atoms with Crippen molar-refractivity contribution in [2.75, 3.05) is 7.11 Å². The number of nitrogens with one attached hydrogen (secondary N) is 1. The van der Waals surface area contributed by atoms with Gasteiger partial charge in [-0.3, -0.25) is 9.78 Å². The van der Waals surface area contributed by atoms with E-state index in [1.807, 2.05) is 31.2 Å². The molecule has 6 heteroatoms. The molecule has 3 aromatic rings. The molecule has 2 N–H and O–H groups in total. The second-order valence-corrected chi connectivity index (χ2v) is 5.46. The van der Waals surface area contributed by atoms with Crippen molar-refractivity contribution in [1.82, 2.24) is 10.4 Å². The number of rotatable bonds is 4.